The normalized spacial score (nSPS) is 11.9. The lowest BCUT2D eigenvalue weighted by atomic mass is 9.94. The fourth-order valence-corrected chi connectivity index (χ4v) is 2.54. The van der Waals surface area contributed by atoms with Crippen LogP contribution in [0.25, 0.3) is 0 Å². The molecule has 0 amide bonds. The van der Waals surface area contributed by atoms with Gasteiger partial charge in [-0.05, 0) is 0 Å². The Morgan fingerprint density at radius 3 is 2.11 bits per heavy atom. The molecule has 8 heteroatoms. The van der Waals surface area contributed by atoms with Gasteiger partial charge in [0, 0.05) is 24.6 Å². The van der Waals surface area contributed by atoms with Crippen molar-refractivity contribution in [2.45, 2.75) is 39.3 Å². The quantitative estimate of drug-likeness (QED) is 0.555. The fraction of sp³-hybridized carbons (Fsp3) is 0.500. The van der Waals surface area contributed by atoms with Crippen molar-refractivity contribution in [1.29, 1.82) is 0 Å². The first-order valence-electron chi connectivity index (χ1n) is 9.01. The first kappa shape index (κ1) is 21.4. The number of guanidine groups is 1. The Balaban J connectivity index is 2.03. The van der Waals surface area contributed by atoms with E-state index in [1.54, 1.807) is 34.6 Å². The van der Waals surface area contributed by atoms with Gasteiger partial charge in [-0.25, -0.2) is 4.98 Å². The molecule has 0 saturated heterocycles. The molecule has 0 unspecified atom stereocenters. The summed E-state index contributed by atoms with van der Waals surface area (Å²) in [7, 11) is 6.53. The minimum absolute atomic E-state index is 0.0767. The van der Waals surface area contributed by atoms with Gasteiger partial charge in [-0.2, -0.15) is 0 Å². The predicted molar refractivity (Wildman–Crippen MR) is 108 cm³/mol. The zero-order valence-corrected chi connectivity index (χ0v) is 17.7. The molecule has 1 heterocycles. The van der Waals surface area contributed by atoms with Gasteiger partial charge in [0.25, 0.3) is 0 Å². The van der Waals surface area contributed by atoms with Crippen LogP contribution < -0.4 is 24.8 Å². The number of oxazole rings is 1. The lowest BCUT2D eigenvalue weighted by Crippen LogP contribution is -2.36. The van der Waals surface area contributed by atoms with Crippen LogP contribution in [-0.4, -0.2) is 39.3 Å². The minimum Gasteiger partial charge on any atom is -0.496 e. The monoisotopic (exact) mass is 390 g/mol. The van der Waals surface area contributed by atoms with E-state index < -0.39 is 0 Å². The molecule has 8 nitrogen and oxygen atoms in total. The molecule has 0 radical (unpaired) electrons. The summed E-state index contributed by atoms with van der Waals surface area (Å²) >= 11 is 0. The molecule has 0 aliphatic heterocycles. The van der Waals surface area contributed by atoms with Crippen molar-refractivity contribution in [2.75, 3.05) is 28.4 Å². The lowest BCUT2D eigenvalue weighted by molar-refractivity contribution is 0.368. The Kier molecular flexibility index (Phi) is 7.14. The highest BCUT2D eigenvalue weighted by atomic mass is 16.5. The fourth-order valence-electron chi connectivity index (χ4n) is 2.54. The van der Waals surface area contributed by atoms with Crippen molar-refractivity contribution in [1.82, 2.24) is 15.6 Å². The third kappa shape index (κ3) is 5.31. The van der Waals surface area contributed by atoms with Crippen molar-refractivity contribution in [3.63, 3.8) is 0 Å². The van der Waals surface area contributed by atoms with Gasteiger partial charge in [0.2, 0.25) is 5.89 Å². The van der Waals surface area contributed by atoms with Gasteiger partial charge < -0.3 is 29.3 Å². The summed E-state index contributed by atoms with van der Waals surface area (Å²) in [4.78, 5) is 8.55. The molecule has 0 aliphatic rings. The smallest absolute Gasteiger partial charge is 0.213 e. The predicted octanol–water partition coefficient (Wildman–Crippen LogP) is 2.86. The van der Waals surface area contributed by atoms with Crippen molar-refractivity contribution in [3.8, 4) is 17.2 Å². The molecule has 2 aromatic rings. The SMILES string of the molecule is CN=C(NCc1ncc(C(C)(C)C)o1)NCc1c(OC)cc(OC)cc1OC. The first-order valence-corrected chi connectivity index (χ1v) is 9.01. The topological polar surface area (TPSA) is 90.1 Å². The Morgan fingerprint density at radius 1 is 1.04 bits per heavy atom. The van der Waals surface area contributed by atoms with Crippen LogP contribution >= 0.6 is 0 Å². The number of rotatable bonds is 7. The average molecular weight is 390 g/mol. The van der Waals surface area contributed by atoms with E-state index in [4.69, 9.17) is 18.6 Å². The van der Waals surface area contributed by atoms with E-state index in [9.17, 15) is 0 Å². The standard InChI is InChI=1S/C20H30N4O4/c1-20(2,3)17-11-22-18(28-17)12-24-19(21-4)23-10-14-15(26-6)8-13(25-5)9-16(14)27-7/h8-9,11H,10,12H2,1-7H3,(H2,21,23,24). The van der Waals surface area contributed by atoms with E-state index in [0.29, 0.717) is 42.2 Å². The summed E-state index contributed by atoms with van der Waals surface area (Å²) in [5.41, 5.74) is 0.784. The summed E-state index contributed by atoms with van der Waals surface area (Å²) < 4.78 is 22.0. The van der Waals surface area contributed by atoms with Crippen molar-refractivity contribution in [2.24, 2.45) is 4.99 Å². The molecular weight excluding hydrogens is 360 g/mol. The highest BCUT2D eigenvalue weighted by Crippen LogP contribution is 2.33. The van der Waals surface area contributed by atoms with E-state index >= 15 is 0 Å². The number of hydrogen-bond acceptors (Lipinski definition) is 6. The van der Waals surface area contributed by atoms with E-state index in [0.717, 1.165) is 11.3 Å². The van der Waals surface area contributed by atoms with Crippen molar-refractivity contribution >= 4 is 5.96 Å². The van der Waals surface area contributed by atoms with E-state index in [-0.39, 0.29) is 5.41 Å². The molecular formula is C20H30N4O4. The van der Waals surface area contributed by atoms with Gasteiger partial charge in [0.15, 0.2) is 5.96 Å². The van der Waals surface area contributed by atoms with Crippen LogP contribution in [0.3, 0.4) is 0 Å². The minimum atomic E-state index is -0.0767. The molecule has 0 fully saturated rings. The zero-order valence-electron chi connectivity index (χ0n) is 17.7. The largest absolute Gasteiger partial charge is 0.496 e. The first-order chi connectivity index (χ1) is 13.3. The Labute approximate surface area is 166 Å². The molecule has 1 aromatic carbocycles. The summed E-state index contributed by atoms with van der Waals surface area (Å²) in [6, 6.07) is 3.63. The second-order valence-corrected chi connectivity index (χ2v) is 7.16. The maximum Gasteiger partial charge on any atom is 0.213 e. The third-order valence-electron chi connectivity index (χ3n) is 4.17. The molecule has 0 aliphatic carbocycles. The van der Waals surface area contributed by atoms with Crippen LogP contribution in [0.2, 0.25) is 0 Å². The molecule has 28 heavy (non-hydrogen) atoms. The molecule has 154 valence electrons. The number of benzene rings is 1. The molecule has 0 spiro atoms. The average Bonchev–Trinajstić information content (AvgIpc) is 3.17. The second-order valence-electron chi connectivity index (χ2n) is 7.16. The van der Waals surface area contributed by atoms with Gasteiger partial charge in [0.1, 0.15) is 23.0 Å². The van der Waals surface area contributed by atoms with Crippen molar-refractivity contribution < 1.29 is 18.6 Å². The van der Waals surface area contributed by atoms with Gasteiger partial charge in [-0.15, -0.1) is 0 Å². The maximum atomic E-state index is 5.79. The third-order valence-corrected chi connectivity index (χ3v) is 4.17. The van der Waals surface area contributed by atoms with Crippen LogP contribution in [0, 0.1) is 0 Å². The Morgan fingerprint density at radius 2 is 1.64 bits per heavy atom. The van der Waals surface area contributed by atoms with Gasteiger partial charge in [-0.3, -0.25) is 4.99 Å². The Hall–Kier alpha value is -2.90. The molecule has 0 bridgehead atoms. The summed E-state index contributed by atoms with van der Waals surface area (Å²) in [6.45, 7) is 7.13. The molecule has 2 N–H and O–H groups in total. The molecule has 1 aromatic heterocycles. The molecule has 2 rings (SSSR count). The highest BCUT2D eigenvalue weighted by molar-refractivity contribution is 5.79. The second kappa shape index (κ2) is 9.34. The van der Waals surface area contributed by atoms with E-state index in [2.05, 4.69) is 41.4 Å². The summed E-state index contributed by atoms with van der Waals surface area (Å²) in [5, 5.41) is 6.44. The van der Waals surface area contributed by atoms with E-state index in [1.807, 2.05) is 12.1 Å². The number of hydrogen-bond donors (Lipinski definition) is 2. The van der Waals surface area contributed by atoms with Crippen LogP contribution in [0.4, 0.5) is 0 Å². The molecule has 0 atom stereocenters. The van der Waals surface area contributed by atoms with Crippen LogP contribution in [-0.2, 0) is 18.5 Å². The van der Waals surface area contributed by atoms with Gasteiger partial charge >= 0.3 is 0 Å². The van der Waals surface area contributed by atoms with Crippen LogP contribution in [0.15, 0.2) is 27.7 Å². The molecule has 0 saturated carbocycles. The van der Waals surface area contributed by atoms with E-state index in [1.165, 1.54) is 0 Å². The van der Waals surface area contributed by atoms with Gasteiger partial charge in [-0.1, -0.05) is 20.8 Å². The number of ether oxygens (including phenoxy) is 3. The number of methoxy groups -OCH3 is 3. The zero-order chi connectivity index (χ0) is 20.7. The van der Waals surface area contributed by atoms with Crippen molar-refractivity contribution in [3.05, 3.63) is 35.5 Å². The number of aliphatic imine (C=N–C) groups is 1. The number of nitrogens with zero attached hydrogens (tertiary/aromatic N) is 2. The van der Waals surface area contributed by atoms with Crippen LogP contribution in [0.1, 0.15) is 38.0 Å². The maximum absolute atomic E-state index is 5.79. The van der Waals surface area contributed by atoms with Gasteiger partial charge in [0.05, 0.1) is 46.2 Å². The number of aromatic nitrogens is 1. The summed E-state index contributed by atoms with van der Waals surface area (Å²) in [5.74, 6) is 4.06. The van der Waals surface area contributed by atoms with Crippen LogP contribution in [0.5, 0.6) is 17.2 Å². The summed E-state index contributed by atoms with van der Waals surface area (Å²) in [6.07, 6.45) is 1.76. The highest BCUT2D eigenvalue weighted by Gasteiger charge is 2.19. The number of nitrogens with one attached hydrogen (secondary N) is 2. The Bertz CT molecular complexity index is 784. The lowest BCUT2D eigenvalue weighted by Gasteiger charge is -2.17.